The number of methoxy groups -OCH3 is 1. The number of halogens is 1. The lowest BCUT2D eigenvalue weighted by Gasteiger charge is -2.09. The van der Waals surface area contributed by atoms with E-state index in [0.717, 1.165) is 17.1 Å². The maximum Gasteiger partial charge on any atom is 0.120 e. The first-order valence-electron chi connectivity index (χ1n) is 4.95. The van der Waals surface area contributed by atoms with Gasteiger partial charge in [0.05, 0.1) is 17.8 Å². The minimum Gasteiger partial charge on any atom is -0.497 e. The van der Waals surface area contributed by atoms with Crippen molar-refractivity contribution in [3.05, 3.63) is 53.6 Å². The summed E-state index contributed by atoms with van der Waals surface area (Å²) in [5.41, 5.74) is 1.88. The molecule has 2 aromatic carbocycles. The first kappa shape index (κ1) is 10.8. The van der Waals surface area contributed by atoms with Gasteiger partial charge in [-0.2, -0.15) is 0 Å². The minimum atomic E-state index is 0.642. The number of anilines is 2. The van der Waals surface area contributed by atoms with Crippen LogP contribution in [0, 0.1) is 0 Å². The molecule has 82 valence electrons. The summed E-state index contributed by atoms with van der Waals surface area (Å²) in [6.45, 7) is 0. The van der Waals surface area contributed by atoms with E-state index in [0.29, 0.717) is 5.02 Å². The number of hydrogen-bond donors (Lipinski definition) is 1. The number of benzene rings is 2. The Morgan fingerprint density at radius 1 is 1.06 bits per heavy atom. The molecule has 0 unspecified atom stereocenters. The highest BCUT2D eigenvalue weighted by Crippen LogP contribution is 2.28. The first-order chi connectivity index (χ1) is 7.79. The fourth-order valence-corrected chi connectivity index (χ4v) is 1.62. The van der Waals surface area contributed by atoms with Crippen molar-refractivity contribution in [1.82, 2.24) is 0 Å². The summed E-state index contributed by atoms with van der Waals surface area (Å²) in [4.78, 5) is 0. The monoisotopic (exact) mass is 233 g/mol. The zero-order valence-corrected chi connectivity index (χ0v) is 9.66. The van der Waals surface area contributed by atoms with Crippen molar-refractivity contribution in [2.45, 2.75) is 0 Å². The average Bonchev–Trinajstić information content (AvgIpc) is 2.33. The number of ether oxygens (including phenoxy) is 1. The number of rotatable bonds is 3. The zero-order chi connectivity index (χ0) is 11.4. The molecular formula is C13H12ClNO. The van der Waals surface area contributed by atoms with Gasteiger partial charge in [0.25, 0.3) is 0 Å². The molecule has 1 N–H and O–H groups in total. The molecule has 0 aromatic heterocycles. The van der Waals surface area contributed by atoms with E-state index in [-0.39, 0.29) is 0 Å². The van der Waals surface area contributed by atoms with E-state index in [4.69, 9.17) is 16.3 Å². The molecule has 0 saturated heterocycles. The molecule has 2 aromatic rings. The average molecular weight is 234 g/mol. The van der Waals surface area contributed by atoms with Crippen LogP contribution in [0.15, 0.2) is 48.5 Å². The molecule has 3 heteroatoms. The van der Waals surface area contributed by atoms with Crippen LogP contribution in [0.25, 0.3) is 0 Å². The van der Waals surface area contributed by atoms with E-state index < -0.39 is 0 Å². The highest BCUT2D eigenvalue weighted by Gasteiger charge is 2.01. The van der Waals surface area contributed by atoms with Crippen LogP contribution >= 0.6 is 11.6 Å². The van der Waals surface area contributed by atoms with Crippen molar-refractivity contribution in [3.63, 3.8) is 0 Å². The number of nitrogens with one attached hydrogen (secondary N) is 1. The summed E-state index contributed by atoms with van der Waals surface area (Å²) in [6.07, 6.45) is 0. The third-order valence-electron chi connectivity index (χ3n) is 2.23. The van der Waals surface area contributed by atoms with Crippen molar-refractivity contribution in [2.24, 2.45) is 0 Å². The molecule has 0 aliphatic heterocycles. The van der Waals surface area contributed by atoms with Gasteiger partial charge in [0.1, 0.15) is 5.75 Å². The maximum absolute atomic E-state index is 6.12. The van der Waals surface area contributed by atoms with Crippen LogP contribution in [0.1, 0.15) is 0 Å². The van der Waals surface area contributed by atoms with Crippen LogP contribution < -0.4 is 10.1 Å². The Morgan fingerprint density at radius 3 is 2.44 bits per heavy atom. The Hall–Kier alpha value is -1.67. The summed E-state index contributed by atoms with van der Waals surface area (Å²) in [5.74, 6) is 0.753. The Kier molecular flexibility index (Phi) is 3.32. The van der Waals surface area contributed by atoms with E-state index in [1.165, 1.54) is 0 Å². The van der Waals surface area contributed by atoms with Crippen molar-refractivity contribution in [1.29, 1.82) is 0 Å². The lowest BCUT2D eigenvalue weighted by Crippen LogP contribution is -1.91. The van der Waals surface area contributed by atoms with Crippen molar-refractivity contribution in [2.75, 3.05) is 12.4 Å². The van der Waals surface area contributed by atoms with Gasteiger partial charge in [0.2, 0.25) is 0 Å². The Bertz CT molecular complexity index is 471. The standard InChI is InChI=1S/C13H12ClNO/c1-16-11-7-8-13(12(14)9-11)15-10-5-3-2-4-6-10/h2-9,15H,1H3. The first-order valence-corrected chi connectivity index (χ1v) is 5.33. The van der Waals surface area contributed by atoms with Gasteiger partial charge in [-0.05, 0) is 24.3 Å². The van der Waals surface area contributed by atoms with E-state index in [1.807, 2.05) is 42.5 Å². The third-order valence-corrected chi connectivity index (χ3v) is 2.54. The molecular weight excluding hydrogens is 222 g/mol. The van der Waals surface area contributed by atoms with Crippen molar-refractivity contribution in [3.8, 4) is 5.75 Å². The lowest BCUT2D eigenvalue weighted by molar-refractivity contribution is 0.415. The SMILES string of the molecule is COc1ccc(Nc2ccccc2)c(Cl)c1. The lowest BCUT2D eigenvalue weighted by atomic mass is 10.2. The predicted octanol–water partition coefficient (Wildman–Crippen LogP) is 4.09. The Morgan fingerprint density at radius 2 is 1.81 bits per heavy atom. The van der Waals surface area contributed by atoms with Crippen LogP contribution in [-0.2, 0) is 0 Å². The second kappa shape index (κ2) is 4.90. The Labute approximate surface area is 99.8 Å². The molecule has 0 bridgehead atoms. The highest BCUT2D eigenvalue weighted by molar-refractivity contribution is 6.33. The molecule has 0 heterocycles. The largest absolute Gasteiger partial charge is 0.497 e. The summed E-state index contributed by atoms with van der Waals surface area (Å²) in [6, 6.07) is 15.4. The smallest absolute Gasteiger partial charge is 0.120 e. The van der Waals surface area contributed by atoms with E-state index >= 15 is 0 Å². The molecule has 2 rings (SSSR count). The van der Waals surface area contributed by atoms with Gasteiger partial charge in [0, 0.05) is 11.8 Å². The van der Waals surface area contributed by atoms with Crippen LogP contribution in [0.5, 0.6) is 5.75 Å². The quantitative estimate of drug-likeness (QED) is 0.862. The molecule has 0 aliphatic rings. The second-order valence-electron chi connectivity index (χ2n) is 3.34. The Balaban J connectivity index is 2.22. The van der Waals surface area contributed by atoms with Crippen molar-refractivity contribution < 1.29 is 4.74 Å². The van der Waals surface area contributed by atoms with Crippen LogP contribution in [0.4, 0.5) is 11.4 Å². The van der Waals surface area contributed by atoms with E-state index in [1.54, 1.807) is 13.2 Å². The highest BCUT2D eigenvalue weighted by atomic mass is 35.5. The van der Waals surface area contributed by atoms with Gasteiger partial charge in [-0.3, -0.25) is 0 Å². The van der Waals surface area contributed by atoms with E-state index in [9.17, 15) is 0 Å². The third kappa shape index (κ3) is 2.47. The molecule has 0 radical (unpaired) electrons. The molecule has 16 heavy (non-hydrogen) atoms. The van der Waals surface area contributed by atoms with Crippen LogP contribution in [0.2, 0.25) is 5.02 Å². The van der Waals surface area contributed by atoms with Gasteiger partial charge in [-0.1, -0.05) is 29.8 Å². The second-order valence-corrected chi connectivity index (χ2v) is 3.74. The van der Waals surface area contributed by atoms with Crippen LogP contribution in [-0.4, -0.2) is 7.11 Å². The molecule has 2 nitrogen and oxygen atoms in total. The normalized spacial score (nSPS) is 9.88. The molecule has 0 fully saturated rings. The van der Waals surface area contributed by atoms with E-state index in [2.05, 4.69) is 5.32 Å². The van der Waals surface area contributed by atoms with Gasteiger partial charge >= 0.3 is 0 Å². The van der Waals surface area contributed by atoms with Gasteiger partial charge in [-0.15, -0.1) is 0 Å². The minimum absolute atomic E-state index is 0.642. The molecule has 0 aliphatic carbocycles. The number of hydrogen-bond acceptors (Lipinski definition) is 2. The summed E-state index contributed by atoms with van der Waals surface area (Å²) in [7, 11) is 1.62. The predicted molar refractivity (Wildman–Crippen MR) is 67.7 cm³/mol. The zero-order valence-electron chi connectivity index (χ0n) is 8.91. The topological polar surface area (TPSA) is 21.3 Å². The van der Waals surface area contributed by atoms with Gasteiger partial charge in [0.15, 0.2) is 0 Å². The summed E-state index contributed by atoms with van der Waals surface area (Å²) in [5, 5.41) is 3.88. The maximum atomic E-state index is 6.12. The van der Waals surface area contributed by atoms with Crippen molar-refractivity contribution >= 4 is 23.0 Å². The number of para-hydroxylation sites is 1. The van der Waals surface area contributed by atoms with Gasteiger partial charge in [-0.25, -0.2) is 0 Å². The van der Waals surface area contributed by atoms with Crippen LogP contribution in [0.3, 0.4) is 0 Å². The molecule has 0 saturated carbocycles. The summed E-state index contributed by atoms with van der Waals surface area (Å²) < 4.78 is 5.09. The molecule has 0 amide bonds. The fourth-order valence-electron chi connectivity index (χ4n) is 1.40. The molecule has 0 atom stereocenters. The van der Waals surface area contributed by atoms with Gasteiger partial charge < -0.3 is 10.1 Å². The fraction of sp³-hybridized carbons (Fsp3) is 0.0769. The molecule has 0 spiro atoms. The summed E-state index contributed by atoms with van der Waals surface area (Å²) >= 11 is 6.12.